The third kappa shape index (κ3) is 4.93. The highest BCUT2D eigenvalue weighted by molar-refractivity contribution is 7.13. The number of amides is 2. The molecule has 25 heavy (non-hydrogen) atoms. The van der Waals surface area contributed by atoms with E-state index in [1.807, 2.05) is 13.8 Å². The van der Waals surface area contributed by atoms with Crippen molar-refractivity contribution in [1.29, 1.82) is 0 Å². The standard InChI is InChI=1S/C17H21N3O4S/c1-11(2)20(10-15(21)19-17-18-5-6-25-17)16(22)12-7-13(23-3)9-14(8-12)24-4/h5-9,11H,10H2,1-4H3,(H,18,19,21). The molecule has 1 N–H and O–H groups in total. The number of ether oxygens (including phenoxy) is 2. The Kier molecular flexibility index (Phi) is 6.35. The van der Waals surface area contributed by atoms with Gasteiger partial charge in [-0.15, -0.1) is 11.3 Å². The Labute approximate surface area is 150 Å². The van der Waals surface area contributed by atoms with Gasteiger partial charge in [-0.3, -0.25) is 9.59 Å². The molecule has 2 amide bonds. The highest BCUT2D eigenvalue weighted by Crippen LogP contribution is 2.24. The van der Waals surface area contributed by atoms with Gasteiger partial charge >= 0.3 is 0 Å². The number of carbonyl (C=O) groups is 2. The molecule has 0 spiro atoms. The van der Waals surface area contributed by atoms with E-state index in [1.165, 1.54) is 30.5 Å². The first-order valence-electron chi connectivity index (χ1n) is 7.68. The summed E-state index contributed by atoms with van der Waals surface area (Å²) in [6, 6.07) is 4.77. The molecular formula is C17H21N3O4S. The van der Waals surface area contributed by atoms with E-state index in [0.29, 0.717) is 22.2 Å². The van der Waals surface area contributed by atoms with E-state index in [9.17, 15) is 9.59 Å². The molecule has 8 heteroatoms. The number of nitrogens with zero attached hydrogens (tertiary/aromatic N) is 2. The van der Waals surface area contributed by atoms with Crippen molar-refractivity contribution in [2.75, 3.05) is 26.1 Å². The SMILES string of the molecule is COc1cc(OC)cc(C(=O)N(CC(=O)Nc2nccs2)C(C)C)c1. The van der Waals surface area contributed by atoms with Gasteiger partial charge in [0.1, 0.15) is 18.0 Å². The summed E-state index contributed by atoms with van der Waals surface area (Å²) in [5.74, 6) is 0.450. The summed E-state index contributed by atoms with van der Waals surface area (Å²) in [7, 11) is 3.04. The van der Waals surface area contributed by atoms with Gasteiger partial charge in [-0.05, 0) is 26.0 Å². The third-order valence-corrected chi connectivity index (χ3v) is 4.16. The molecule has 1 heterocycles. The molecule has 134 valence electrons. The van der Waals surface area contributed by atoms with Crippen LogP contribution in [-0.2, 0) is 4.79 Å². The molecule has 0 fully saturated rings. The lowest BCUT2D eigenvalue weighted by atomic mass is 10.1. The molecule has 0 radical (unpaired) electrons. The molecule has 2 rings (SSSR count). The first-order chi connectivity index (χ1) is 11.9. The molecular weight excluding hydrogens is 342 g/mol. The summed E-state index contributed by atoms with van der Waals surface area (Å²) in [5.41, 5.74) is 0.395. The van der Waals surface area contributed by atoms with Crippen molar-refractivity contribution in [3.63, 3.8) is 0 Å². The number of hydrogen-bond acceptors (Lipinski definition) is 6. The molecule has 2 aromatic rings. The summed E-state index contributed by atoms with van der Waals surface area (Å²) < 4.78 is 10.4. The van der Waals surface area contributed by atoms with E-state index < -0.39 is 0 Å². The number of carbonyl (C=O) groups excluding carboxylic acids is 2. The van der Waals surface area contributed by atoms with E-state index in [-0.39, 0.29) is 24.4 Å². The van der Waals surface area contributed by atoms with Crippen LogP contribution in [0.5, 0.6) is 11.5 Å². The Balaban J connectivity index is 2.18. The van der Waals surface area contributed by atoms with Gasteiger partial charge in [-0.2, -0.15) is 0 Å². The van der Waals surface area contributed by atoms with Crippen LogP contribution in [0.15, 0.2) is 29.8 Å². The first kappa shape index (κ1) is 18.7. The van der Waals surface area contributed by atoms with E-state index >= 15 is 0 Å². The number of hydrogen-bond donors (Lipinski definition) is 1. The van der Waals surface area contributed by atoms with Crippen molar-refractivity contribution in [3.8, 4) is 11.5 Å². The number of rotatable bonds is 7. The maximum atomic E-state index is 12.9. The van der Waals surface area contributed by atoms with Gasteiger partial charge in [0, 0.05) is 29.2 Å². The topological polar surface area (TPSA) is 80.8 Å². The molecule has 0 bridgehead atoms. The van der Waals surface area contributed by atoms with Gasteiger partial charge in [0.2, 0.25) is 5.91 Å². The molecule has 0 saturated carbocycles. The van der Waals surface area contributed by atoms with Crippen LogP contribution in [0.3, 0.4) is 0 Å². The van der Waals surface area contributed by atoms with Gasteiger partial charge in [-0.1, -0.05) is 0 Å². The molecule has 1 aromatic carbocycles. The lowest BCUT2D eigenvalue weighted by Crippen LogP contribution is -2.42. The van der Waals surface area contributed by atoms with Crippen LogP contribution < -0.4 is 14.8 Å². The number of methoxy groups -OCH3 is 2. The van der Waals surface area contributed by atoms with Gasteiger partial charge < -0.3 is 19.7 Å². The summed E-state index contributed by atoms with van der Waals surface area (Å²) in [5, 5.41) is 4.96. The predicted octanol–water partition coefficient (Wildman–Crippen LogP) is 2.65. The molecule has 0 unspecified atom stereocenters. The zero-order valence-corrected chi connectivity index (χ0v) is 15.4. The maximum Gasteiger partial charge on any atom is 0.254 e. The van der Waals surface area contributed by atoms with Crippen LogP contribution in [-0.4, -0.2) is 48.5 Å². The minimum atomic E-state index is -0.299. The van der Waals surface area contributed by atoms with E-state index in [4.69, 9.17) is 9.47 Å². The summed E-state index contributed by atoms with van der Waals surface area (Å²) >= 11 is 1.32. The highest BCUT2D eigenvalue weighted by Gasteiger charge is 2.23. The van der Waals surface area contributed by atoms with E-state index in [0.717, 1.165) is 0 Å². The van der Waals surface area contributed by atoms with Crippen LogP contribution in [0.2, 0.25) is 0 Å². The van der Waals surface area contributed by atoms with Crippen molar-refractivity contribution in [1.82, 2.24) is 9.88 Å². The molecule has 0 aliphatic rings. The monoisotopic (exact) mass is 363 g/mol. The van der Waals surface area contributed by atoms with Gasteiger partial charge in [0.15, 0.2) is 5.13 Å². The predicted molar refractivity (Wildman–Crippen MR) is 96.5 cm³/mol. The zero-order chi connectivity index (χ0) is 18.4. The third-order valence-electron chi connectivity index (χ3n) is 3.48. The molecule has 0 aliphatic heterocycles. The van der Waals surface area contributed by atoms with Crippen LogP contribution in [0.1, 0.15) is 24.2 Å². The zero-order valence-electron chi connectivity index (χ0n) is 14.6. The van der Waals surface area contributed by atoms with E-state index in [1.54, 1.807) is 29.8 Å². The molecule has 0 atom stereocenters. The fourth-order valence-corrected chi connectivity index (χ4v) is 2.73. The number of aromatic nitrogens is 1. The Morgan fingerprint density at radius 1 is 1.20 bits per heavy atom. The van der Waals surface area contributed by atoms with Gasteiger partial charge in [0.05, 0.1) is 14.2 Å². The average molecular weight is 363 g/mol. The van der Waals surface area contributed by atoms with E-state index in [2.05, 4.69) is 10.3 Å². The van der Waals surface area contributed by atoms with Crippen molar-refractivity contribution in [2.45, 2.75) is 19.9 Å². The second-order valence-corrected chi connectivity index (χ2v) is 6.41. The minimum absolute atomic E-state index is 0.0738. The Bertz CT molecular complexity index is 709. The lowest BCUT2D eigenvalue weighted by Gasteiger charge is -2.26. The molecule has 1 aromatic heterocycles. The maximum absolute atomic E-state index is 12.9. The highest BCUT2D eigenvalue weighted by atomic mass is 32.1. The van der Waals surface area contributed by atoms with Crippen molar-refractivity contribution < 1.29 is 19.1 Å². The molecule has 0 aliphatic carbocycles. The summed E-state index contributed by atoms with van der Waals surface area (Å²) in [4.78, 5) is 30.6. The Morgan fingerprint density at radius 2 is 1.84 bits per heavy atom. The second kappa shape index (κ2) is 8.48. The first-order valence-corrected chi connectivity index (χ1v) is 8.56. The fraction of sp³-hybridized carbons (Fsp3) is 0.353. The number of anilines is 1. The van der Waals surface area contributed by atoms with Crippen LogP contribution >= 0.6 is 11.3 Å². The minimum Gasteiger partial charge on any atom is -0.497 e. The quantitative estimate of drug-likeness (QED) is 0.818. The normalized spacial score (nSPS) is 10.4. The van der Waals surface area contributed by atoms with Crippen LogP contribution in [0, 0.1) is 0 Å². The Hall–Kier alpha value is -2.61. The smallest absolute Gasteiger partial charge is 0.254 e. The summed E-state index contributed by atoms with van der Waals surface area (Å²) in [6.45, 7) is 3.63. The van der Waals surface area contributed by atoms with Crippen molar-refractivity contribution in [3.05, 3.63) is 35.3 Å². The largest absolute Gasteiger partial charge is 0.497 e. The number of benzene rings is 1. The number of nitrogens with one attached hydrogen (secondary N) is 1. The summed E-state index contributed by atoms with van der Waals surface area (Å²) in [6.07, 6.45) is 1.61. The van der Waals surface area contributed by atoms with Crippen molar-refractivity contribution in [2.24, 2.45) is 0 Å². The van der Waals surface area contributed by atoms with Gasteiger partial charge in [0.25, 0.3) is 5.91 Å². The number of thiazole rings is 1. The van der Waals surface area contributed by atoms with Crippen molar-refractivity contribution >= 4 is 28.3 Å². The molecule has 0 saturated heterocycles. The molecule has 7 nitrogen and oxygen atoms in total. The Morgan fingerprint density at radius 3 is 2.32 bits per heavy atom. The second-order valence-electron chi connectivity index (χ2n) is 5.51. The van der Waals surface area contributed by atoms with Crippen LogP contribution in [0.25, 0.3) is 0 Å². The van der Waals surface area contributed by atoms with Crippen LogP contribution in [0.4, 0.5) is 5.13 Å². The fourth-order valence-electron chi connectivity index (χ4n) is 2.18. The van der Waals surface area contributed by atoms with Gasteiger partial charge in [-0.25, -0.2) is 4.98 Å². The average Bonchev–Trinajstić information content (AvgIpc) is 3.11. The lowest BCUT2D eigenvalue weighted by molar-refractivity contribution is -0.117.